The number of hydrogen-bond donors (Lipinski definition) is 1. The number of amides is 1. The van der Waals surface area contributed by atoms with Crippen LogP contribution in [0.5, 0.6) is 0 Å². The van der Waals surface area contributed by atoms with Crippen LogP contribution in [-0.2, 0) is 6.54 Å². The van der Waals surface area contributed by atoms with E-state index in [2.05, 4.69) is 18.9 Å². The highest BCUT2D eigenvalue weighted by molar-refractivity contribution is 5.92. The van der Waals surface area contributed by atoms with Crippen molar-refractivity contribution >= 4 is 5.91 Å². The SMILES string of the molecule is CCn1nc(C(C)C)cc1C(=O)N1CCC(CO)CC1. The van der Waals surface area contributed by atoms with Crippen molar-refractivity contribution in [2.75, 3.05) is 19.7 Å². The average molecular weight is 279 g/mol. The van der Waals surface area contributed by atoms with Crippen LogP contribution in [0.2, 0.25) is 0 Å². The first kappa shape index (κ1) is 15.0. The van der Waals surface area contributed by atoms with Gasteiger partial charge in [0.25, 0.3) is 5.91 Å². The van der Waals surface area contributed by atoms with Gasteiger partial charge in [-0.1, -0.05) is 13.8 Å². The zero-order valence-electron chi connectivity index (χ0n) is 12.7. The summed E-state index contributed by atoms with van der Waals surface area (Å²) >= 11 is 0. The highest BCUT2D eigenvalue weighted by atomic mass is 16.3. The van der Waals surface area contributed by atoms with Crippen molar-refractivity contribution in [3.8, 4) is 0 Å². The maximum absolute atomic E-state index is 12.6. The van der Waals surface area contributed by atoms with E-state index in [1.165, 1.54) is 0 Å². The Bertz CT molecular complexity index is 460. The Balaban J connectivity index is 2.13. The lowest BCUT2D eigenvalue weighted by Crippen LogP contribution is -2.40. The van der Waals surface area contributed by atoms with Gasteiger partial charge in [0.15, 0.2) is 0 Å². The van der Waals surface area contributed by atoms with Gasteiger partial charge in [-0.3, -0.25) is 9.48 Å². The minimum atomic E-state index is 0.0719. The molecule has 1 amide bonds. The van der Waals surface area contributed by atoms with E-state index in [4.69, 9.17) is 5.11 Å². The zero-order valence-corrected chi connectivity index (χ0v) is 12.7. The smallest absolute Gasteiger partial charge is 0.272 e. The highest BCUT2D eigenvalue weighted by Crippen LogP contribution is 2.20. The molecule has 0 saturated carbocycles. The number of aliphatic hydroxyl groups excluding tert-OH is 1. The molecule has 1 aliphatic heterocycles. The summed E-state index contributed by atoms with van der Waals surface area (Å²) in [6, 6.07) is 1.93. The lowest BCUT2D eigenvalue weighted by Gasteiger charge is -2.31. The number of aliphatic hydroxyl groups is 1. The monoisotopic (exact) mass is 279 g/mol. The Labute approximate surface area is 120 Å². The van der Waals surface area contributed by atoms with E-state index in [1.54, 1.807) is 4.68 Å². The third-order valence-corrected chi connectivity index (χ3v) is 4.07. The number of nitrogens with zero attached hydrogens (tertiary/aromatic N) is 3. The molecule has 0 unspecified atom stereocenters. The summed E-state index contributed by atoms with van der Waals surface area (Å²) in [6.45, 7) is 8.58. The molecular weight excluding hydrogens is 254 g/mol. The minimum Gasteiger partial charge on any atom is -0.396 e. The summed E-state index contributed by atoms with van der Waals surface area (Å²) in [5.41, 5.74) is 1.67. The van der Waals surface area contributed by atoms with Crippen molar-refractivity contribution in [2.45, 2.75) is 46.1 Å². The normalized spacial score (nSPS) is 16.9. The van der Waals surface area contributed by atoms with Gasteiger partial charge in [-0.25, -0.2) is 0 Å². The van der Waals surface area contributed by atoms with E-state index in [0.717, 1.165) is 31.6 Å². The third kappa shape index (κ3) is 3.03. The number of carbonyl (C=O) groups excluding carboxylic acids is 1. The summed E-state index contributed by atoms with van der Waals surface area (Å²) in [7, 11) is 0. The average Bonchev–Trinajstić information content (AvgIpc) is 2.91. The fraction of sp³-hybridized carbons (Fsp3) is 0.733. The first-order chi connectivity index (χ1) is 9.56. The molecule has 0 atom stereocenters. The lowest BCUT2D eigenvalue weighted by atomic mass is 9.97. The first-order valence-corrected chi connectivity index (χ1v) is 7.54. The molecule has 1 fully saturated rings. The highest BCUT2D eigenvalue weighted by Gasteiger charge is 2.26. The second-order valence-electron chi connectivity index (χ2n) is 5.84. The van der Waals surface area contributed by atoms with Gasteiger partial charge >= 0.3 is 0 Å². The fourth-order valence-electron chi connectivity index (χ4n) is 2.61. The Hall–Kier alpha value is -1.36. The molecule has 20 heavy (non-hydrogen) atoms. The van der Waals surface area contributed by atoms with Crippen LogP contribution in [0.15, 0.2) is 6.07 Å². The Kier molecular flexibility index (Phi) is 4.81. The standard InChI is InChI=1S/C15H25N3O2/c1-4-18-14(9-13(16-18)11(2)3)15(20)17-7-5-12(10-19)6-8-17/h9,11-12,19H,4-8,10H2,1-3H3. The van der Waals surface area contributed by atoms with Crippen LogP contribution in [0.1, 0.15) is 55.7 Å². The van der Waals surface area contributed by atoms with Crippen molar-refractivity contribution in [3.05, 3.63) is 17.5 Å². The number of piperidine rings is 1. The van der Waals surface area contributed by atoms with E-state index in [9.17, 15) is 4.79 Å². The largest absolute Gasteiger partial charge is 0.396 e. The van der Waals surface area contributed by atoms with Crippen LogP contribution in [-0.4, -0.2) is 45.4 Å². The van der Waals surface area contributed by atoms with Crippen LogP contribution in [0, 0.1) is 5.92 Å². The quantitative estimate of drug-likeness (QED) is 0.915. The van der Waals surface area contributed by atoms with Crippen molar-refractivity contribution in [1.29, 1.82) is 0 Å². The van der Waals surface area contributed by atoms with E-state index >= 15 is 0 Å². The molecule has 1 N–H and O–H groups in total. The third-order valence-electron chi connectivity index (χ3n) is 4.07. The molecule has 1 aliphatic rings. The summed E-state index contributed by atoms with van der Waals surface area (Å²) in [5, 5.41) is 13.7. The maximum Gasteiger partial charge on any atom is 0.272 e. The van der Waals surface area contributed by atoms with Crippen LogP contribution >= 0.6 is 0 Å². The van der Waals surface area contributed by atoms with Gasteiger partial charge < -0.3 is 10.0 Å². The van der Waals surface area contributed by atoms with Crippen LogP contribution < -0.4 is 0 Å². The maximum atomic E-state index is 12.6. The molecule has 2 heterocycles. The van der Waals surface area contributed by atoms with Gasteiger partial charge in [0.2, 0.25) is 0 Å². The molecule has 1 saturated heterocycles. The summed E-state index contributed by atoms with van der Waals surface area (Å²) in [5.74, 6) is 0.749. The van der Waals surface area contributed by atoms with Crippen molar-refractivity contribution in [3.63, 3.8) is 0 Å². The molecule has 0 radical (unpaired) electrons. The number of aryl methyl sites for hydroxylation is 1. The number of aromatic nitrogens is 2. The van der Waals surface area contributed by atoms with Crippen LogP contribution in [0.4, 0.5) is 0 Å². The molecular formula is C15H25N3O2. The van der Waals surface area contributed by atoms with Gasteiger partial charge in [0.05, 0.1) is 5.69 Å². The van der Waals surface area contributed by atoms with Crippen molar-refractivity contribution in [1.82, 2.24) is 14.7 Å². The second kappa shape index (κ2) is 6.39. The van der Waals surface area contributed by atoms with Gasteiger partial charge in [-0.05, 0) is 37.7 Å². The summed E-state index contributed by atoms with van der Waals surface area (Å²) < 4.78 is 1.80. The predicted octanol–water partition coefficient (Wildman–Crippen LogP) is 1.87. The van der Waals surface area contributed by atoms with Gasteiger partial charge in [-0.2, -0.15) is 5.10 Å². The molecule has 0 aliphatic carbocycles. The van der Waals surface area contributed by atoms with E-state index in [1.807, 2.05) is 17.9 Å². The molecule has 5 heteroatoms. The molecule has 1 aromatic rings. The topological polar surface area (TPSA) is 58.4 Å². The molecule has 0 spiro atoms. The predicted molar refractivity (Wildman–Crippen MR) is 77.7 cm³/mol. The molecule has 2 rings (SSSR count). The number of hydrogen-bond acceptors (Lipinski definition) is 3. The van der Waals surface area contributed by atoms with Gasteiger partial charge in [-0.15, -0.1) is 0 Å². The van der Waals surface area contributed by atoms with Crippen molar-refractivity contribution in [2.24, 2.45) is 5.92 Å². The number of likely N-dealkylation sites (tertiary alicyclic amines) is 1. The minimum absolute atomic E-state index is 0.0719. The van der Waals surface area contributed by atoms with Gasteiger partial charge in [0.1, 0.15) is 5.69 Å². The van der Waals surface area contributed by atoms with E-state index < -0.39 is 0 Å². The summed E-state index contributed by atoms with van der Waals surface area (Å²) in [4.78, 5) is 14.5. The molecule has 5 nitrogen and oxygen atoms in total. The lowest BCUT2D eigenvalue weighted by molar-refractivity contribution is 0.0639. The first-order valence-electron chi connectivity index (χ1n) is 7.54. The zero-order chi connectivity index (χ0) is 14.7. The number of rotatable bonds is 4. The summed E-state index contributed by atoms with van der Waals surface area (Å²) in [6.07, 6.45) is 1.78. The fourth-order valence-corrected chi connectivity index (χ4v) is 2.61. The van der Waals surface area contributed by atoms with E-state index in [-0.39, 0.29) is 12.5 Å². The van der Waals surface area contributed by atoms with E-state index in [0.29, 0.717) is 24.1 Å². The number of carbonyl (C=O) groups is 1. The Morgan fingerprint density at radius 3 is 2.60 bits per heavy atom. The van der Waals surface area contributed by atoms with Crippen LogP contribution in [0.25, 0.3) is 0 Å². The Morgan fingerprint density at radius 2 is 2.10 bits per heavy atom. The molecule has 112 valence electrons. The molecule has 1 aromatic heterocycles. The van der Waals surface area contributed by atoms with Crippen molar-refractivity contribution < 1.29 is 9.90 Å². The molecule has 0 bridgehead atoms. The van der Waals surface area contributed by atoms with Gasteiger partial charge in [0, 0.05) is 26.2 Å². The van der Waals surface area contributed by atoms with Crippen LogP contribution in [0.3, 0.4) is 0 Å². The Morgan fingerprint density at radius 1 is 1.45 bits per heavy atom. The molecule has 0 aromatic carbocycles. The second-order valence-corrected chi connectivity index (χ2v) is 5.84.